The van der Waals surface area contributed by atoms with E-state index in [4.69, 9.17) is 17.0 Å². The van der Waals surface area contributed by atoms with Crippen LogP contribution in [0, 0.1) is 10.5 Å². The Morgan fingerprint density at radius 1 is 1.38 bits per heavy atom. The van der Waals surface area contributed by atoms with Crippen molar-refractivity contribution in [3.05, 3.63) is 41.1 Å². The zero-order chi connectivity index (χ0) is 11.5. The summed E-state index contributed by atoms with van der Waals surface area (Å²) < 4.78 is 18.8. The summed E-state index contributed by atoms with van der Waals surface area (Å²) in [6.07, 6.45) is 1.47. The normalized spacial score (nSPS) is 10.1. The van der Waals surface area contributed by atoms with Crippen LogP contribution in [0.3, 0.4) is 0 Å². The second-order valence-electron chi connectivity index (χ2n) is 3.14. The largest absolute Gasteiger partial charge is 0.496 e. The number of methoxy groups -OCH3 is 1. The van der Waals surface area contributed by atoms with Gasteiger partial charge in [0, 0.05) is 5.56 Å². The number of hydrogen-bond acceptors (Lipinski definition) is 3. The molecule has 16 heavy (non-hydrogen) atoms. The van der Waals surface area contributed by atoms with Crippen LogP contribution in [0.4, 0.5) is 4.39 Å². The van der Waals surface area contributed by atoms with Gasteiger partial charge in [0.25, 0.3) is 0 Å². The molecule has 2 rings (SSSR count). The molecule has 82 valence electrons. The van der Waals surface area contributed by atoms with Crippen LogP contribution >= 0.6 is 12.2 Å². The van der Waals surface area contributed by atoms with Crippen molar-refractivity contribution in [2.75, 3.05) is 7.11 Å². The van der Waals surface area contributed by atoms with E-state index < -0.39 is 0 Å². The monoisotopic (exact) mass is 236 g/mol. The molecule has 0 bridgehead atoms. The molecule has 1 aromatic carbocycles. The number of aromatic nitrogens is 2. The van der Waals surface area contributed by atoms with Gasteiger partial charge in [-0.3, -0.25) is 0 Å². The van der Waals surface area contributed by atoms with E-state index in [-0.39, 0.29) is 5.82 Å². The zero-order valence-electron chi connectivity index (χ0n) is 8.53. The molecule has 0 aliphatic rings. The Morgan fingerprint density at radius 3 is 2.88 bits per heavy atom. The molecular weight excluding hydrogens is 227 g/mol. The number of aromatic amines is 1. The van der Waals surface area contributed by atoms with Gasteiger partial charge in [-0.15, -0.1) is 0 Å². The Kier molecular flexibility index (Phi) is 2.96. The molecular formula is C11H9FN2OS. The van der Waals surface area contributed by atoms with Crippen molar-refractivity contribution in [2.24, 2.45) is 0 Å². The van der Waals surface area contributed by atoms with E-state index in [2.05, 4.69) is 9.97 Å². The van der Waals surface area contributed by atoms with Gasteiger partial charge in [0.05, 0.1) is 19.1 Å². The third-order valence-electron chi connectivity index (χ3n) is 2.13. The highest BCUT2D eigenvalue weighted by atomic mass is 32.1. The summed E-state index contributed by atoms with van der Waals surface area (Å²) in [7, 11) is 1.53. The highest BCUT2D eigenvalue weighted by molar-refractivity contribution is 7.71. The number of nitrogens with one attached hydrogen (secondary N) is 1. The highest BCUT2D eigenvalue weighted by Crippen LogP contribution is 2.28. The maximum absolute atomic E-state index is 13.2. The molecule has 0 saturated carbocycles. The summed E-state index contributed by atoms with van der Waals surface area (Å²) >= 11 is 4.95. The van der Waals surface area contributed by atoms with Crippen molar-refractivity contribution < 1.29 is 9.13 Å². The molecule has 0 amide bonds. The third-order valence-corrected chi connectivity index (χ3v) is 2.35. The minimum atomic E-state index is -0.327. The van der Waals surface area contributed by atoms with E-state index in [1.807, 2.05) is 0 Å². The van der Waals surface area contributed by atoms with Gasteiger partial charge in [0.15, 0.2) is 0 Å². The van der Waals surface area contributed by atoms with Gasteiger partial charge in [0.1, 0.15) is 16.2 Å². The molecule has 0 spiro atoms. The third kappa shape index (κ3) is 2.09. The summed E-state index contributed by atoms with van der Waals surface area (Å²) in [6.45, 7) is 0. The number of hydrogen-bond donors (Lipinski definition) is 1. The fourth-order valence-corrected chi connectivity index (χ4v) is 1.58. The number of ether oxygens (including phenoxy) is 1. The van der Waals surface area contributed by atoms with Crippen molar-refractivity contribution in [3.63, 3.8) is 0 Å². The Morgan fingerprint density at radius 2 is 2.19 bits per heavy atom. The van der Waals surface area contributed by atoms with Gasteiger partial charge in [-0.25, -0.2) is 9.37 Å². The Bertz CT molecular complexity index is 568. The Hall–Kier alpha value is -1.75. The molecule has 0 aliphatic heterocycles. The van der Waals surface area contributed by atoms with E-state index >= 15 is 0 Å². The van der Waals surface area contributed by atoms with E-state index in [9.17, 15) is 4.39 Å². The van der Waals surface area contributed by atoms with Crippen LogP contribution in [0.5, 0.6) is 5.75 Å². The minimum Gasteiger partial charge on any atom is -0.496 e. The molecule has 5 heteroatoms. The maximum atomic E-state index is 13.2. The predicted octanol–water partition coefficient (Wildman–Crippen LogP) is 2.95. The lowest BCUT2D eigenvalue weighted by atomic mass is 10.1. The van der Waals surface area contributed by atoms with Gasteiger partial charge >= 0.3 is 0 Å². The lowest BCUT2D eigenvalue weighted by Crippen LogP contribution is -1.92. The van der Waals surface area contributed by atoms with Gasteiger partial charge in [-0.2, -0.15) is 0 Å². The average molecular weight is 236 g/mol. The quantitative estimate of drug-likeness (QED) is 0.815. The first-order chi connectivity index (χ1) is 7.70. The summed E-state index contributed by atoms with van der Waals surface area (Å²) in [5, 5.41) is 0. The molecule has 2 aromatic rings. The van der Waals surface area contributed by atoms with Gasteiger partial charge < -0.3 is 9.72 Å². The number of rotatable bonds is 2. The fourth-order valence-electron chi connectivity index (χ4n) is 1.41. The van der Waals surface area contributed by atoms with Crippen molar-refractivity contribution in [1.82, 2.24) is 9.97 Å². The molecule has 3 nitrogen and oxygen atoms in total. The maximum Gasteiger partial charge on any atom is 0.130 e. The van der Waals surface area contributed by atoms with E-state index in [1.165, 1.54) is 25.6 Å². The van der Waals surface area contributed by atoms with Crippen LogP contribution in [-0.4, -0.2) is 17.1 Å². The molecule has 0 fully saturated rings. The SMILES string of the molecule is COc1ccc(F)cc1-c1cc(=S)nc[nH]1. The highest BCUT2D eigenvalue weighted by Gasteiger charge is 2.07. The Labute approximate surface area is 96.9 Å². The summed E-state index contributed by atoms with van der Waals surface area (Å²) in [6, 6.07) is 5.96. The second-order valence-corrected chi connectivity index (χ2v) is 3.56. The number of H-pyrrole nitrogens is 1. The molecule has 1 aromatic heterocycles. The zero-order valence-corrected chi connectivity index (χ0v) is 9.34. The van der Waals surface area contributed by atoms with Crippen molar-refractivity contribution >= 4 is 12.2 Å². The number of halogens is 1. The van der Waals surface area contributed by atoms with Crippen LogP contribution in [0.2, 0.25) is 0 Å². The fraction of sp³-hybridized carbons (Fsp3) is 0.0909. The molecule has 0 aliphatic carbocycles. The second kappa shape index (κ2) is 4.40. The smallest absolute Gasteiger partial charge is 0.130 e. The molecule has 0 unspecified atom stereocenters. The molecule has 0 saturated heterocycles. The van der Waals surface area contributed by atoms with Crippen LogP contribution in [0.15, 0.2) is 30.6 Å². The van der Waals surface area contributed by atoms with Crippen LogP contribution in [0.25, 0.3) is 11.3 Å². The van der Waals surface area contributed by atoms with Crippen molar-refractivity contribution in [3.8, 4) is 17.0 Å². The Balaban J connectivity index is 2.62. The van der Waals surface area contributed by atoms with Crippen LogP contribution in [-0.2, 0) is 0 Å². The molecule has 0 atom stereocenters. The number of nitrogens with zero attached hydrogens (tertiary/aromatic N) is 1. The predicted molar refractivity (Wildman–Crippen MR) is 61.4 cm³/mol. The minimum absolute atomic E-state index is 0.327. The lowest BCUT2D eigenvalue weighted by Gasteiger charge is -2.08. The van der Waals surface area contributed by atoms with Crippen LogP contribution in [0.1, 0.15) is 0 Å². The summed E-state index contributed by atoms with van der Waals surface area (Å²) in [5.41, 5.74) is 1.30. The van der Waals surface area contributed by atoms with E-state index in [0.717, 1.165) is 0 Å². The van der Waals surface area contributed by atoms with Gasteiger partial charge in [-0.1, -0.05) is 12.2 Å². The van der Waals surface area contributed by atoms with Crippen LogP contribution < -0.4 is 4.74 Å². The first-order valence-electron chi connectivity index (χ1n) is 4.59. The van der Waals surface area contributed by atoms with Gasteiger partial charge in [0.2, 0.25) is 0 Å². The standard InChI is InChI=1S/C11H9FN2OS/c1-15-10-3-2-7(12)4-8(10)9-5-11(16)14-6-13-9/h2-6H,1H3,(H,13,14,16). The molecule has 1 heterocycles. The van der Waals surface area contributed by atoms with E-state index in [0.29, 0.717) is 21.6 Å². The van der Waals surface area contributed by atoms with E-state index in [1.54, 1.807) is 12.1 Å². The lowest BCUT2D eigenvalue weighted by molar-refractivity contribution is 0.415. The summed E-state index contributed by atoms with van der Waals surface area (Å²) in [5.74, 6) is 0.255. The molecule has 0 radical (unpaired) electrons. The van der Waals surface area contributed by atoms with Gasteiger partial charge in [-0.05, 0) is 24.3 Å². The van der Waals surface area contributed by atoms with Crippen molar-refractivity contribution in [2.45, 2.75) is 0 Å². The summed E-state index contributed by atoms with van der Waals surface area (Å²) in [4.78, 5) is 6.77. The first kappa shape index (κ1) is 10.8. The molecule has 1 N–H and O–H groups in total. The first-order valence-corrected chi connectivity index (χ1v) is 5.00. The number of benzene rings is 1. The average Bonchev–Trinajstić information content (AvgIpc) is 2.29. The van der Waals surface area contributed by atoms with Crippen molar-refractivity contribution in [1.29, 1.82) is 0 Å². The topological polar surface area (TPSA) is 37.9 Å².